The lowest BCUT2D eigenvalue weighted by Crippen LogP contribution is -1.90. The van der Waals surface area contributed by atoms with Gasteiger partial charge < -0.3 is 4.40 Å². The highest BCUT2D eigenvalue weighted by Gasteiger charge is 2.01. The summed E-state index contributed by atoms with van der Waals surface area (Å²) >= 11 is 0. The summed E-state index contributed by atoms with van der Waals surface area (Å²) in [5.41, 5.74) is 3.46. The van der Waals surface area contributed by atoms with E-state index in [-0.39, 0.29) is 0 Å². The van der Waals surface area contributed by atoms with Gasteiger partial charge in [-0.2, -0.15) is 0 Å². The van der Waals surface area contributed by atoms with E-state index in [1.165, 1.54) is 5.56 Å². The summed E-state index contributed by atoms with van der Waals surface area (Å²) in [5, 5.41) is 0. The van der Waals surface area contributed by atoms with Gasteiger partial charge >= 0.3 is 0 Å². The summed E-state index contributed by atoms with van der Waals surface area (Å²) in [6.07, 6.45) is 4.12. The van der Waals surface area contributed by atoms with Crippen LogP contribution in [0.1, 0.15) is 31.0 Å². The molecule has 0 aromatic carbocycles. The van der Waals surface area contributed by atoms with E-state index in [9.17, 15) is 0 Å². The highest BCUT2D eigenvalue weighted by atomic mass is 15.0. The van der Waals surface area contributed by atoms with Gasteiger partial charge in [-0.05, 0) is 30.5 Å². The first-order chi connectivity index (χ1) is 6.16. The van der Waals surface area contributed by atoms with E-state index in [1.807, 2.05) is 13.1 Å². The maximum absolute atomic E-state index is 4.42. The molecule has 0 aliphatic heterocycles. The molecule has 0 fully saturated rings. The number of aromatic nitrogens is 2. The number of pyridine rings is 1. The molecule has 0 atom stereocenters. The van der Waals surface area contributed by atoms with Gasteiger partial charge in [0.15, 0.2) is 0 Å². The van der Waals surface area contributed by atoms with E-state index in [1.54, 1.807) is 0 Å². The number of imidazole rings is 1. The Morgan fingerprint density at radius 1 is 1.38 bits per heavy atom. The van der Waals surface area contributed by atoms with Gasteiger partial charge in [-0.3, -0.25) is 0 Å². The minimum Gasteiger partial charge on any atom is -0.307 e. The first kappa shape index (κ1) is 8.30. The third kappa shape index (κ3) is 1.44. The lowest BCUT2D eigenvalue weighted by atomic mass is 10.1. The predicted octanol–water partition coefficient (Wildman–Crippen LogP) is 2.77. The normalized spacial score (nSPS) is 11.4. The Labute approximate surface area is 78.2 Å². The van der Waals surface area contributed by atoms with Gasteiger partial charge in [0.05, 0.1) is 5.69 Å². The molecule has 2 heteroatoms. The smallest absolute Gasteiger partial charge is 0.137 e. The molecule has 68 valence electrons. The molecule has 2 aromatic heterocycles. The Bertz CT molecular complexity index is 427. The Hall–Kier alpha value is -1.31. The second-order valence-electron chi connectivity index (χ2n) is 3.76. The number of aryl methyl sites for hydroxylation is 1. The van der Waals surface area contributed by atoms with Crippen molar-refractivity contribution >= 4 is 5.65 Å². The van der Waals surface area contributed by atoms with Gasteiger partial charge in [0.25, 0.3) is 0 Å². The molecule has 0 bridgehead atoms. The summed E-state index contributed by atoms with van der Waals surface area (Å²) < 4.78 is 2.06. The summed E-state index contributed by atoms with van der Waals surface area (Å²) in [4.78, 5) is 4.42. The van der Waals surface area contributed by atoms with Crippen LogP contribution in [0.4, 0.5) is 0 Å². The van der Waals surface area contributed by atoms with Gasteiger partial charge in [0.2, 0.25) is 0 Å². The zero-order chi connectivity index (χ0) is 9.42. The van der Waals surface area contributed by atoms with E-state index in [4.69, 9.17) is 0 Å². The van der Waals surface area contributed by atoms with Gasteiger partial charge in [-0.25, -0.2) is 4.98 Å². The van der Waals surface area contributed by atoms with E-state index in [0.717, 1.165) is 11.3 Å². The Morgan fingerprint density at radius 2 is 2.15 bits per heavy atom. The monoisotopic (exact) mass is 174 g/mol. The molecule has 2 rings (SSSR count). The van der Waals surface area contributed by atoms with Crippen LogP contribution < -0.4 is 0 Å². The van der Waals surface area contributed by atoms with Crippen molar-refractivity contribution in [1.29, 1.82) is 0 Å². The van der Waals surface area contributed by atoms with Crippen molar-refractivity contribution in [2.45, 2.75) is 26.7 Å². The SMILES string of the molecule is Cc1cn2ccc(C(C)C)cc2n1. The van der Waals surface area contributed by atoms with E-state index in [0.29, 0.717) is 5.92 Å². The number of nitrogens with zero attached hydrogens (tertiary/aromatic N) is 2. The number of fused-ring (bicyclic) bond motifs is 1. The molecule has 0 saturated carbocycles. The minimum absolute atomic E-state index is 0.571. The molecule has 0 spiro atoms. The third-order valence-electron chi connectivity index (χ3n) is 2.27. The molecular weight excluding hydrogens is 160 g/mol. The van der Waals surface area contributed by atoms with Crippen LogP contribution >= 0.6 is 0 Å². The van der Waals surface area contributed by atoms with Gasteiger partial charge in [-0.15, -0.1) is 0 Å². The van der Waals surface area contributed by atoms with Crippen LogP contribution in [0.25, 0.3) is 5.65 Å². The van der Waals surface area contributed by atoms with Crippen molar-refractivity contribution in [3.8, 4) is 0 Å². The summed E-state index contributed by atoms with van der Waals surface area (Å²) in [7, 11) is 0. The molecule has 0 amide bonds. The van der Waals surface area contributed by atoms with Gasteiger partial charge in [-0.1, -0.05) is 13.8 Å². The molecule has 0 radical (unpaired) electrons. The van der Waals surface area contributed by atoms with Crippen LogP contribution in [0.5, 0.6) is 0 Å². The summed E-state index contributed by atoms with van der Waals surface area (Å²) in [6, 6.07) is 4.30. The molecule has 0 aliphatic rings. The summed E-state index contributed by atoms with van der Waals surface area (Å²) in [6.45, 7) is 6.41. The van der Waals surface area contributed by atoms with Crippen molar-refractivity contribution in [3.05, 3.63) is 35.8 Å². The van der Waals surface area contributed by atoms with Crippen molar-refractivity contribution in [3.63, 3.8) is 0 Å². The van der Waals surface area contributed by atoms with Crippen LogP contribution in [-0.2, 0) is 0 Å². The topological polar surface area (TPSA) is 17.3 Å². The van der Waals surface area contributed by atoms with Crippen molar-refractivity contribution < 1.29 is 0 Å². The summed E-state index contributed by atoms with van der Waals surface area (Å²) in [5.74, 6) is 0.571. The van der Waals surface area contributed by atoms with Crippen molar-refractivity contribution in [2.75, 3.05) is 0 Å². The molecule has 0 N–H and O–H groups in total. The highest BCUT2D eigenvalue weighted by Crippen LogP contribution is 2.15. The number of hydrogen-bond donors (Lipinski definition) is 0. The van der Waals surface area contributed by atoms with Crippen LogP contribution in [0.2, 0.25) is 0 Å². The van der Waals surface area contributed by atoms with Gasteiger partial charge in [0.1, 0.15) is 5.65 Å². The molecule has 0 saturated heterocycles. The second kappa shape index (κ2) is 2.87. The molecule has 2 nitrogen and oxygen atoms in total. The fraction of sp³-hybridized carbons (Fsp3) is 0.364. The standard InChI is InChI=1S/C11H14N2/c1-8(2)10-4-5-13-7-9(3)12-11(13)6-10/h4-8H,1-3H3. The van der Waals surface area contributed by atoms with Crippen LogP contribution in [-0.4, -0.2) is 9.38 Å². The zero-order valence-corrected chi connectivity index (χ0v) is 8.28. The third-order valence-corrected chi connectivity index (χ3v) is 2.27. The molecular formula is C11H14N2. The molecule has 0 unspecified atom stereocenters. The average molecular weight is 174 g/mol. The highest BCUT2D eigenvalue weighted by molar-refractivity contribution is 5.43. The first-order valence-electron chi connectivity index (χ1n) is 4.62. The van der Waals surface area contributed by atoms with Crippen LogP contribution in [0.15, 0.2) is 24.5 Å². The quantitative estimate of drug-likeness (QED) is 0.649. The molecule has 0 aliphatic carbocycles. The van der Waals surface area contributed by atoms with E-state index in [2.05, 4.69) is 41.6 Å². The lowest BCUT2D eigenvalue weighted by molar-refractivity contribution is 0.863. The van der Waals surface area contributed by atoms with Crippen LogP contribution in [0, 0.1) is 6.92 Å². The Balaban J connectivity index is 2.61. The lowest BCUT2D eigenvalue weighted by Gasteiger charge is -2.04. The molecule has 2 aromatic rings. The van der Waals surface area contributed by atoms with Crippen molar-refractivity contribution in [2.24, 2.45) is 0 Å². The van der Waals surface area contributed by atoms with E-state index < -0.39 is 0 Å². The van der Waals surface area contributed by atoms with Crippen molar-refractivity contribution in [1.82, 2.24) is 9.38 Å². The minimum atomic E-state index is 0.571. The molecule has 13 heavy (non-hydrogen) atoms. The average Bonchev–Trinajstić information content (AvgIpc) is 2.42. The fourth-order valence-electron chi connectivity index (χ4n) is 1.48. The number of rotatable bonds is 1. The maximum atomic E-state index is 4.42. The first-order valence-corrected chi connectivity index (χ1v) is 4.62. The zero-order valence-electron chi connectivity index (χ0n) is 8.28. The predicted molar refractivity (Wildman–Crippen MR) is 54.0 cm³/mol. The number of hydrogen-bond acceptors (Lipinski definition) is 1. The Morgan fingerprint density at radius 3 is 2.85 bits per heavy atom. The van der Waals surface area contributed by atoms with Crippen LogP contribution in [0.3, 0.4) is 0 Å². The van der Waals surface area contributed by atoms with E-state index >= 15 is 0 Å². The molecule has 2 heterocycles. The van der Waals surface area contributed by atoms with Gasteiger partial charge in [0, 0.05) is 12.4 Å². The fourth-order valence-corrected chi connectivity index (χ4v) is 1.48. The maximum Gasteiger partial charge on any atom is 0.137 e. The largest absolute Gasteiger partial charge is 0.307 e. The Kier molecular flexibility index (Phi) is 1.83. The second-order valence-corrected chi connectivity index (χ2v) is 3.76.